The average molecular weight is 437 g/mol. The summed E-state index contributed by atoms with van der Waals surface area (Å²) in [6, 6.07) is 17.1. The van der Waals surface area contributed by atoms with Crippen LogP contribution in [-0.2, 0) is 13.2 Å². The highest BCUT2D eigenvalue weighted by Gasteiger charge is 2.13. The van der Waals surface area contributed by atoms with Gasteiger partial charge in [-0.2, -0.15) is 0 Å². The van der Waals surface area contributed by atoms with Gasteiger partial charge < -0.3 is 14.8 Å². The molecule has 0 aromatic heterocycles. The zero-order chi connectivity index (χ0) is 20.1. The molecule has 0 saturated heterocycles. The van der Waals surface area contributed by atoms with Crippen molar-refractivity contribution < 1.29 is 9.47 Å². The minimum atomic E-state index is 0.343. The van der Waals surface area contributed by atoms with Crippen molar-refractivity contribution in [2.75, 3.05) is 12.4 Å². The summed E-state index contributed by atoms with van der Waals surface area (Å²) in [5, 5.41) is 5.21. The van der Waals surface area contributed by atoms with Crippen molar-refractivity contribution in [2.24, 2.45) is 0 Å². The van der Waals surface area contributed by atoms with E-state index < -0.39 is 0 Å². The van der Waals surface area contributed by atoms with E-state index in [1.54, 1.807) is 7.11 Å². The molecule has 3 aromatic carbocycles. The van der Waals surface area contributed by atoms with E-state index in [2.05, 4.69) is 5.32 Å². The number of anilines is 1. The van der Waals surface area contributed by atoms with Gasteiger partial charge in [-0.05, 0) is 60.0 Å². The lowest BCUT2D eigenvalue weighted by Gasteiger charge is -2.15. The Bertz CT molecular complexity index is 976. The quantitative estimate of drug-likeness (QED) is 0.426. The first-order valence-electron chi connectivity index (χ1n) is 8.70. The molecule has 3 rings (SSSR count). The molecule has 0 aliphatic carbocycles. The summed E-state index contributed by atoms with van der Waals surface area (Å²) in [6.45, 7) is 2.89. The van der Waals surface area contributed by atoms with Gasteiger partial charge in [0.15, 0.2) is 11.5 Å². The van der Waals surface area contributed by atoms with E-state index in [1.807, 2.05) is 61.5 Å². The Morgan fingerprint density at radius 1 is 0.893 bits per heavy atom. The molecule has 0 spiro atoms. The number of nitrogens with one attached hydrogen (secondary N) is 1. The molecule has 146 valence electrons. The molecule has 3 nitrogen and oxygen atoms in total. The van der Waals surface area contributed by atoms with Crippen molar-refractivity contribution in [1.29, 1.82) is 0 Å². The first-order chi connectivity index (χ1) is 13.5. The van der Waals surface area contributed by atoms with Gasteiger partial charge in [0, 0.05) is 22.3 Å². The van der Waals surface area contributed by atoms with Gasteiger partial charge in [-0.1, -0.05) is 53.0 Å². The highest BCUT2D eigenvalue weighted by Crippen LogP contribution is 2.37. The third-order valence-electron chi connectivity index (χ3n) is 4.23. The molecule has 6 heteroatoms. The van der Waals surface area contributed by atoms with Gasteiger partial charge in [0.25, 0.3) is 0 Å². The molecule has 0 atom stereocenters. The normalized spacial score (nSPS) is 10.6. The second-order valence-corrected chi connectivity index (χ2v) is 7.60. The fraction of sp³-hybridized carbons (Fsp3) is 0.182. The molecule has 0 bridgehead atoms. The van der Waals surface area contributed by atoms with Crippen molar-refractivity contribution in [3.63, 3.8) is 0 Å². The van der Waals surface area contributed by atoms with Gasteiger partial charge in [0.1, 0.15) is 6.61 Å². The topological polar surface area (TPSA) is 30.5 Å². The molecule has 0 saturated carbocycles. The fourth-order valence-corrected chi connectivity index (χ4v) is 3.39. The maximum atomic E-state index is 6.46. The summed E-state index contributed by atoms with van der Waals surface area (Å²) in [6.07, 6.45) is 0. The molecule has 0 radical (unpaired) electrons. The van der Waals surface area contributed by atoms with Crippen LogP contribution in [0.2, 0.25) is 15.1 Å². The van der Waals surface area contributed by atoms with Crippen LogP contribution in [-0.4, -0.2) is 7.11 Å². The zero-order valence-corrected chi connectivity index (χ0v) is 17.8. The van der Waals surface area contributed by atoms with Crippen molar-refractivity contribution in [3.8, 4) is 11.5 Å². The fourth-order valence-electron chi connectivity index (χ4n) is 2.70. The number of aryl methyl sites for hydroxylation is 1. The molecular weight excluding hydrogens is 417 g/mol. The number of halogens is 3. The molecule has 3 aromatic rings. The molecule has 1 N–H and O–H groups in total. The highest BCUT2D eigenvalue weighted by molar-refractivity contribution is 6.32. The second kappa shape index (κ2) is 9.42. The third kappa shape index (κ3) is 5.26. The summed E-state index contributed by atoms with van der Waals surface area (Å²) >= 11 is 18.7. The Morgan fingerprint density at radius 2 is 1.71 bits per heavy atom. The van der Waals surface area contributed by atoms with Crippen LogP contribution in [0.3, 0.4) is 0 Å². The molecule has 0 fully saturated rings. The molecule has 0 aliphatic heterocycles. The molecule has 0 aliphatic rings. The van der Waals surface area contributed by atoms with E-state index >= 15 is 0 Å². The number of hydrogen-bond donors (Lipinski definition) is 1. The Morgan fingerprint density at radius 3 is 2.43 bits per heavy atom. The minimum absolute atomic E-state index is 0.343. The van der Waals surface area contributed by atoms with Gasteiger partial charge in [-0.3, -0.25) is 0 Å². The first-order valence-corrected chi connectivity index (χ1v) is 9.83. The van der Waals surface area contributed by atoms with Crippen molar-refractivity contribution in [2.45, 2.75) is 20.1 Å². The van der Waals surface area contributed by atoms with Crippen LogP contribution < -0.4 is 14.8 Å². The summed E-state index contributed by atoms with van der Waals surface area (Å²) in [7, 11) is 1.59. The predicted molar refractivity (Wildman–Crippen MR) is 117 cm³/mol. The summed E-state index contributed by atoms with van der Waals surface area (Å²) in [5.74, 6) is 1.08. The predicted octanol–water partition coefficient (Wildman–Crippen LogP) is 7.15. The van der Waals surface area contributed by atoms with E-state index in [0.29, 0.717) is 34.7 Å². The number of hydrogen-bond acceptors (Lipinski definition) is 3. The standard InChI is InChI=1S/C22H20Cl3NO2/c1-14-6-7-18(11-19(14)24)26-12-16-9-20(25)22(21(10-16)27-2)28-13-15-4-3-5-17(23)8-15/h3-11,26H,12-13H2,1-2H3. The second-order valence-electron chi connectivity index (χ2n) is 6.35. The van der Waals surface area contributed by atoms with Crippen LogP contribution >= 0.6 is 34.8 Å². The van der Waals surface area contributed by atoms with Crippen LogP contribution in [0.1, 0.15) is 16.7 Å². The minimum Gasteiger partial charge on any atom is -0.493 e. The van der Waals surface area contributed by atoms with Gasteiger partial charge in [-0.25, -0.2) is 0 Å². The van der Waals surface area contributed by atoms with Crippen LogP contribution in [0.25, 0.3) is 0 Å². The molecule has 0 heterocycles. The summed E-state index contributed by atoms with van der Waals surface area (Å²) in [4.78, 5) is 0. The van der Waals surface area contributed by atoms with Crippen LogP contribution in [0, 0.1) is 6.92 Å². The Kier molecular flexibility index (Phi) is 6.95. The van der Waals surface area contributed by atoms with Crippen molar-refractivity contribution in [3.05, 3.63) is 86.4 Å². The lowest BCUT2D eigenvalue weighted by atomic mass is 10.1. The van der Waals surface area contributed by atoms with Gasteiger partial charge in [0.2, 0.25) is 0 Å². The highest BCUT2D eigenvalue weighted by atomic mass is 35.5. The Balaban J connectivity index is 1.72. The number of benzene rings is 3. The van der Waals surface area contributed by atoms with Crippen LogP contribution in [0.5, 0.6) is 11.5 Å². The molecule has 0 amide bonds. The maximum absolute atomic E-state index is 6.46. The van der Waals surface area contributed by atoms with Crippen molar-refractivity contribution in [1.82, 2.24) is 0 Å². The van der Waals surface area contributed by atoms with Gasteiger partial charge in [0.05, 0.1) is 12.1 Å². The van der Waals surface area contributed by atoms with E-state index in [1.165, 1.54) is 0 Å². The van der Waals surface area contributed by atoms with E-state index in [0.717, 1.165) is 27.4 Å². The summed E-state index contributed by atoms with van der Waals surface area (Å²) < 4.78 is 11.4. The molecule has 28 heavy (non-hydrogen) atoms. The van der Waals surface area contributed by atoms with Gasteiger partial charge >= 0.3 is 0 Å². The number of ether oxygens (including phenoxy) is 2. The number of rotatable bonds is 7. The Hall–Kier alpha value is -2.07. The van der Waals surface area contributed by atoms with Gasteiger partial charge in [-0.15, -0.1) is 0 Å². The first kappa shape index (κ1) is 20.7. The van der Waals surface area contributed by atoms with E-state index in [9.17, 15) is 0 Å². The zero-order valence-electron chi connectivity index (χ0n) is 15.6. The monoisotopic (exact) mass is 435 g/mol. The largest absolute Gasteiger partial charge is 0.493 e. The Labute approximate surface area is 180 Å². The lowest BCUT2D eigenvalue weighted by Crippen LogP contribution is -2.03. The van der Waals surface area contributed by atoms with Crippen molar-refractivity contribution >= 4 is 40.5 Å². The maximum Gasteiger partial charge on any atom is 0.180 e. The third-order valence-corrected chi connectivity index (χ3v) is 5.15. The SMILES string of the molecule is COc1cc(CNc2ccc(C)c(Cl)c2)cc(Cl)c1OCc1cccc(Cl)c1. The average Bonchev–Trinajstić information content (AvgIpc) is 2.67. The van der Waals surface area contributed by atoms with Crippen LogP contribution in [0.4, 0.5) is 5.69 Å². The molecule has 0 unspecified atom stereocenters. The van der Waals surface area contributed by atoms with E-state index in [-0.39, 0.29) is 0 Å². The van der Waals surface area contributed by atoms with E-state index in [4.69, 9.17) is 44.3 Å². The number of methoxy groups -OCH3 is 1. The lowest BCUT2D eigenvalue weighted by molar-refractivity contribution is 0.284. The van der Waals surface area contributed by atoms with Crippen LogP contribution in [0.15, 0.2) is 54.6 Å². The molecular formula is C22H20Cl3NO2. The summed E-state index contributed by atoms with van der Waals surface area (Å²) in [5.41, 5.74) is 3.89. The smallest absolute Gasteiger partial charge is 0.180 e.